The molecule has 0 radical (unpaired) electrons. The Morgan fingerprint density at radius 1 is 1.35 bits per heavy atom. The third kappa shape index (κ3) is 2.54. The fourth-order valence-corrected chi connectivity index (χ4v) is 1.93. The fourth-order valence-electron chi connectivity index (χ4n) is 1.93. The summed E-state index contributed by atoms with van der Waals surface area (Å²) in [7, 11) is 0. The maximum absolute atomic E-state index is 8.53. The molecule has 1 heterocycles. The molecule has 0 bridgehead atoms. The van der Waals surface area contributed by atoms with Crippen molar-refractivity contribution in [3.8, 4) is 17.2 Å². The van der Waals surface area contributed by atoms with E-state index in [-0.39, 0.29) is 0 Å². The van der Waals surface area contributed by atoms with Crippen LogP contribution in [0, 0.1) is 25.2 Å². The number of hydrogen-bond donors (Lipinski definition) is 0. The molecule has 0 unspecified atom stereocenters. The molecule has 3 heteroatoms. The smallest absolute Gasteiger partial charge is 0.0641 e. The fraction of sp³-hybridized carbons (Fsp3) is 0.286. The largest absolute Gasteiger partial charge is 0.271 e. The second kappa shape index (κ2) is 4.84. The van der Waals surface area contributed by atoms with Crippen molar-refractivity contribution in [2.75, 3.05) is 0 Å². The van der Waals surface area contributed by atoms with E-state index in [0.717, 1.165) is 5.56 Å². The molecule has 1 aromatic carbocycles. The number of benzene rings is 1. The van der Waals surface area contributed by atoms with Crippen LogP contribution in [-0.4, -0.2) is 9.78 Å². The van der Waals surface area contributed by atoms with Gasteiger partial charge in [0.25, 0.3) is 0 Å². The van der Waals surface area contributed by atoms with Crippen molar-refractivity contribution in [1.82, 2.24) is 9.78 Å². The minimum Gasteiger partial charge on any atom is -0.271 e. The predicted octanol–water partition coefficient (Wildman–Crippen LogP) is 3.08. The number of aromatic nitrogens is 2. The van der Waals surface area contributed by atoms with E-state index in [9.17, 15) is 0 Å². The highest BCUT2D eigenvalue weighted by molar-refractivity contribution is 5.66. The number of nitriles is 1. The number of hydrogen-bond acceptors (Lipinski definition) is 2. The first-order valence-corrected chi connectivity index (χ1v) is 5.68. The van der Waals surface area contributed by atoms with Crippen LogP contribution in [-0.2, 0) is 6.54 Å². The van der Waals surface area contributed by atoms with Gasteiger partial charge in [-0.1, -0.05) is 23.8 Å². The molecule has 17 heavy (non-hydrogen) atoms. The molecular formula is C14H15N3. The van der Waals surface area contributed by atoms with E-state index >= 15 is 0 Å². The SMILES string of the molecule is Cc1ccc(-c2cnn(CCC#N)c2)c(C)c1. The summed E-state index contributed by atoms with van der Waals surface area (Å²) >= 11 is 0. The molecule has 0 atom stereocenters. The van der Waals surface area contributed by atoms with Gasteiger partial charge in [-0.3, -0.25) is 4.68 Å². The van der Waals surface area contributed by atoms with Crippen LogP contribution >= 0.6 is 0 Å². The first-order chi connectivity index (χ1) is 8.20. The van der Waals surface area contributed by atoms with Crippen LogP contribution in [0.5, 0.6) is 0 Å². The lowest BCUT2D eigenvalue weighted by Gasteiger charge is -2.03. The van der Waals surface area contributed by atoms with Crippen molar-refractivity contribution in [3.05, 3.63) is 41.7 Å². The Kier molecular flexibility index (Phi) is 3.24. The molecule has 3 nitrogen and oxygen atoms in total. The molecule has 0 amide bonds. The maximum atomic E-state index is 8.53. The second-order valence-corrected chi connectivity index (χ2v) is 4.22. The van der Waals surface area contributed by atoms with Gasteiger partial charge in [0.2, 0.25) is 0 Å². The van der Waals surface area contributed by atoms with E-state index in [1.165, 1.54) is 16.7 Å². The average molecular weight is 225 g/mol. The van der Waals surface area contributed by atoms with E-state index in [1.807, 2.05) is 17.1 Å². The molecule has 0 aliphatic carbocycles. The summed E-state index contributed by atoms with van der Waals surface area (Å²) in [4.78, 5) is 0. The van der Waals surface area contributed by atoms with Gasteiger partial charge in [0.05, 0.1) is 25.2 Å². The Morgan fingerprint density at radius 2 is 2.18 bits per heavy atom. The Balaban J connectivity index is 2.28. The molecule has 0 aliphatic heterocycles. The molecular weight excluding hydrogens is 210 g/mol. The van der Waals surface area contributed by atoms with Crippen LogP contribution in [0.3, 0.4) is 0 Å². The molecule has 1 aromatic heterocycles. The topological polar surface area (TPSA) is 41.6 Å². The summed E-state index contributed by atoms with van der Waals surface area (Å²) in [5, 5.41) is 12.8. The van der Waals surface area contributed by atoms with Gasteiger partial charge in [-0.15, -0.1) is 0 Å². The van der Waals surface area contributed by atoms with Crippen LogP contribution < -0.4 is 0 Å². The second-order valence-electron chi connectivity index (χ2n) is 4.22. The summed E-state index contributed by atoms with van der Waals surface area (Å²) in [5.74, 6) is 0. The minimum atomic E-state index is 0.494. The van der Waals surface area contributed by atoms with Crippen molar-refractivity contribution in [1.29, 1.82) is 5.26 Å². The molecule has 0 N–H and O–H groups in total. The lowest BCUT2D eigenvalue weighted by atomic mass is 10.0. The van der Waals surface area contributed by atoms with E-state index < -0.39 is 0 Å². The molecule has 2 aromatic rings. The van der Waals surface area contributed by atoms with E-state index in [1.54, 1.807) is 0 Å². The van der Waals surface area contributed by atoms with Gasteiger partial charge < -0.3 is 0 Å². The Bertz CT molecular complexity index is 561. The number of rotatable bonds is 3. The Morgan fingerprint density at radius 3 is 2.88 bits per heavy atom. The average Bonchev–Trinajstić information content (AvgIpc) is 2.75. The summed E-state index contributed by atoms with van der Waals surface area (Å²) in [6, 6.07) is 8.52. The van der Waals surface area contributed by atoms with Crippen molar-refractivity contribution in [3.63, 3.8) is 0 Å². The van der Waals surface area contributed by atoms with Crippen LogP contribution in [0.25, 0.3) is 11.1 Å². The lowest BCUT2D eigenvalue weighted by molar-refractivity contribution is 0.628. The van der Waals surface area contributed by atoms with Crippen LogP contribution in [0.15, 0.2) is 30.6 Å². The number of nitrogens with zero attached hydrogens (tertiary/aromatic N) is 3. The molecule has 0 saturated carbocycles. The number of aryl methyl sites for hydroxylation is 3. The summed E-state index contributed by atoms with van der Waals surface area (Å²) < 4.78 is 1.82. The highest BCUT2D eigenvalue weighted by Crippen LogP contribution is 2.23. The zero-order valence-corrected chi connectivity index (χ0v) is 10.1. The van der Waals surface area contributed by atoms with Crippen LogP contribution in [0.4, 0.5) is 0 Å². The predicted molar refractivity (Wildman–Crippen MR) is 67.4 cm³/mol. The van der Waals surface area contributed by atoms with E-state index in [2.05, 4.69) is 43.2 Å². The standard InChI is InChI=1S/C14H15N3/c1-11-4-5-14(12(2)8-11)13-9-16-17(10-13)7-3-6-15/h4-5,8-10H,3,7H2,1-2H3. The lowest BCUT2D eigenvalue weighted by Crippen LogP contribution is -1.96. The quantitative estimate of drug-likeness (QED) is 0.805. The Labute approximate surface area is 101 Å². The van der Waals surface area contributed by atoms with Crippen molar-refractivity contribution in [2.45, 2.75) is 26.8 Å². The zero-order chi connectivity index (χ0) is 12.3. The van der Waals surface area contributed by atoms with Gasteiger partial charge in [-0.25, -0.2) is 0 Å². The molecule has 0 aliphatic rings. The minimum absolute atomic E-state index is 0.494. The highest BCUT2D eigenvalue weighted by Gasteiger charge is 2.04. The summed E-state index contributed by atoms with van der Waals surface area (Å²) in [5.41, 5.74) is 4.84. The molecule has 0 spiro atoms. The maximum Gasteiger partial charge on any atom is 0.0641 e. The first-order valence-electron chi connectivity index (χ1n) is 5.68. The van der Waals surface area contributed by atoms with Gasteiger partial charge in [0.15, 0.2) is 0 Å². The van der Waals surface area contributed by atoms with Gasteiger partial charge in [-0.2, -0.15) is 10.4 Å². The van der Waals surface area contributed by atoms with E-state index in [0.29, 0.717) is 13.0 Å². The van der Waals surface area contributed by atoms with Crippen LogP contribution in [0.1, 0.15) is 17.5 Å². The van der Waals surface area contributed by atoms with Crippen molar-refractivity contribution >= 4 is 0 Å². The van der Waals surface area contributed by atoms with Gasteiger partial charge in [0, 0.05) is 11.8 Å². The van der Waals surface area contributed by atoms with Gasteiger partial charge in [0.1, 0.15) is 0 Å². The molecule has 0 fully saturated rings. The molecule has 2 rings (SSSR count). The van der Waals surface area contributed by atoms with Gasteiger partial charge in [-0.05, 0) is 25.0 Å². The third-order valence-corrected chi connectivity index (χ3v) is 2.78. The van der Waals surface area contributed by atoms with Gasteiger partial charge >= 0.3 is 0 Å². The van der Waals surface area contributed by atoms with E-state index in [4.69, 9.17) is 5.26 Å². The molecule has 0 saturated heterocycles. The molecule has 86 valence electrons. The first kappa shape index (κ1) is 11.4. The normalized spacial score (nSPS) is 10.2. The third-order valence-electron chi connectivity index (χ3n) is 2.78. The summed E-state index contributed by atoms with van der Waals surface area (Å²) in [6.07, 6.45) is 4.35. The van der Waals surface area contributed by atoms with Crippen molar-refractivity contribution < 1.29 is 0 Å². The van der Waals surface area contributed by atoms with Crippen molar-refractivity contribution in [2.24, 2.45) is 0 Å². The zero-order valence-electron chi connectivity index (χ0n) is 10.1. The highest BCUT2D eigenvalue weighted by atomic mass is 15.3. The summed E-state index contributed by atoms with van der Waals surface area (Å²) in [6.45, 7) is 4.85. The Hall–Kier alpha value is -2.08. The monoisotopic (exact) mass is 225 g/mol. The van der Waals surface area contributed by atoms with Crippen LogP contribution in [0.2, 0.25) is 0 Å².